The molecular weight excluding hydrogens is 440 g/mol. The van der Waals surface area contributed by atoms with Crippen LogP contribution in [-0.4, -0.2) is 45.9 Å². The second-order valence-electron chi connectivity index (χ2n) is 9.20. The Morgan fingerprint density at radius 3 is 2.36 bits per heavy atom. The van der Waals surface area contributed by atoms with Gasteiger partial charge >= 0.3 is 5.97 Å². The van der Waals surface area contributed by atoms with E-state index in [-0.39, 0.29) is 11.5 Å². The van der Waals surface area contributed by atoms with E-state index in [1.807, 2.05) is 6.07 Å². The van der Waals surface area contributed by atoms with E-state index < -0.39 is 21.4 Å². The highest BCUT2D eigenvalue weighted by atomic mass is 32.2. The van der Waals surface area contributed by atoms with Crippen LogP contribution < -0.4 is 9.64 Å². The number of ether oxygens (including phenoxy) is 2. The van der Waals surface area contributed by atoms with E-state index in [9.17, 15) is 18.5 Å². The molecule has 3 rings (SSSR count). The number of hydrogen-bond acceptors (Lipinski definition) is 7. The Balaban J connectivity index is 2.09. The molecule has 0 bridgehead atoms. The van der Waals surface area contributed by atoms with Crippen molar-refractivity contribution in [2.24, 2.45) is 0 Å². The van der Waals surface area contributed by atoms with Crippen LogP contribution in [0.25, 0.3) is 11.1 Å². The number of sulfone groups is 1. The number of rotatable bonds is 6. The summed E-state index contributed by atoms with van der Waals surface area (Å²) in [7, 11) is -3.45. The molecule has 0 aliphatic carbocycles. The van der Waals surface area contributed by atoms with Crippen molar-refractivity contribution in [1.82, 2.24) is 0 Å². The van der Waals surface area contributed by atoms with Gasteiger partial charge in [0, 0.05) is 36.2 Å². The molecule has 2 aromatic rings. The summed E-state index contributed by atoms with van der Waals surface area (Å²) < 4.78 is 35.7. The lowest BCUT2D eigenvalue weighted by Gasteiger charge is -2.31. The van der Waals surface area contributed by atoms with Crippen LogP contribution in [0.1, 0.15) is 45.6 Å². The summed E-state index contributed by atoms with van der Waals surface area (Å²) in [4.78, 5) is 14.6. The molecule has 0 radical (unpaired) electrons. The van der Waals surface area contributed by atoms with Crippen LogP contribution in [0.3, 0.4) is 0 Å². The molecule has 7 nitrogen and oxygen atoms in total. The van der Waals surface area contributed by atoms with E-state index in [2.05, 4.69) is 11.0 Å². The van der Waals surface area contributed by atoms with Gasteiger partial charge in [-0.2, -0.15) is 5.26 Å². The smallest absolute Gasteiger partial charge is 0.344 e. The predicted molar refractivity (Wildman–Crippen MR) is 127 cm³/mol. The summed E-state index contributed by atoms with van der Waals surface area (Å²) in [5.74, 6) is -0.136. The molecule has 1 aliphatic heterocycles. The minimum atomic E-state index is -3.45. The Morgan fingerprint density at radius 2 is 1.76 bits per heavy atom. The summed E-state index contributed by atoms with van der Waals surface area (Å²) in [6.07, 6.45) is 4.42. The van der Waals surface area contributed by atoms with Crippen molar-refractivity contribution in [2.45, 2.75) is 50.5 Å². The van der Waals surface area contributed by atoms with Crippen molar-refractivity contribution >= 4 is 21.5 Å². The SMILES string of the molecule is CC(C)(C)OC(=O)COc1ccc(C#N)cc1-c1cc(S(C)(=O)=O)ccc1N1CCCCC1. The van der Waals surface area contributed by atoms with Crippen LogP contribution >= 0.6 is 0 Å². The number of hydrogen-bond donors (Lipinski definition) is 0. The first-order valence-electron chi connectivity index (χ1n) is 11.0. The molecule has 0 aromatic heterocycles. The first kappa shape index (κ1) is 24.6. The zero-order valence-electron chi connectivity index (χ0n) is 19.6. The minimum Gasteiger partial charge on any atom is -0.481 e. The molecule has 0 atom stereocenters. The van der Waals surface area contributed by atoms with Gasteiger partial charge in [0.15, 0.2) is 16.4 Å². The van der Waals surface area contributed by atoms with E-state index in [0.717, 1.165) is 44.3 Å². The predicted octanol–water partition coefficient (Wildman–Crippen LogP) is 4.34. The van der Waals surface area contributed by atoms with Crippen LogP contribution in [0.5, 0.6) is 5.75 Å². The van der Waals surface area contributed by atoms with Gasteiger partial charge in [0.2, 0.25) is 0 Å². The van der Waals surface area contributed by atoms with Gasteiger partial charge in [-0.3, -0.25) is 0 Å². The monoisotopic (exact) mass is 470 g/mol. The van der Waals surface area contributed by atoms with E-state index in [0.29, 0.717) is 22.4 Å². The summed E-state index contributed by atoms with van der Waals surface area (Å²) in [6, 6.07) is 12.1. The lowest BCUT2D eigenvalue weighted by Crippen LogP contribution is -2.30. The third kappa shape index (κ3) is 6.48. The van der Waals surface area contributed by atoms with Gasteiger partial charge < -0.3 is 14.4 Å². The second-order valence-corrected chi connectivity index (χ2v) is 11.2. The average molecular weight is 471 g/mol. The summed E-state index contributed by atoms with van der Waals surface area (Å²) in [6.45, 7) is 6.74. The highest BCUT2D eigenvalue weighted by molar-refractivity contribution is 7.90. The van der Waals surface area contributed by atoms with Crippen molar-refractivity contribution in [3.05, 3.63) is 42.0 Å². The fourth-order valence-corrected chi connectivity index (χ4v) is 4.46. The molecule has 0 spiro atoms. The van der Waals surface area contributed by atoms with Crippen LogP contribution in [0.15, 0.2) is 41.3 Å². The molecule has 8 heteroatoms. The molecule has 1 fully saturated rings. The van der Waals surface area contributed by atoms with Crippen molar-refractivity contribution in [1.29, 1.82) is 5.26 Å². The van der Waals surface area contributed by atoms with Gasteiger partial charge in [0.25, 0.3) is 0 Å². The van der Waals surface area contributed by atoms with Gasteiger partial charge in [-0.15, -0.1) is 0 Å². The molecule has 0 saturated carbocycles. The Hall–Kier alpha value is -3.05. The number of nitrogens with zero attached hydrogens (tertiary/aromatic N) is 2. The van der Waals surface area contributed by atoms with Crippen LogP contribution in [0.2, 0.25) is 0 Å². The van der Waals surface area contributed by atoms with Gasteiger partial charge in [-0.25, -0.2) is 13.2 Å². The quantitative estimate of drug-likeness (QED) is 0.579. The molecule has 1 saturated heterocycles. The lowest BCUT2D eigenvalue weighted by molar-refractivity contribution is -0.157. The molecule has 176 valence electrons. The maximum absolute atomic E-state index is 12.3. The van der Waals surface area contributed by atoms with E-state index in [4.69, 9.17) is 9.47 Å². The molecular formula is C25H30N2O5S. The highest BCUT2D eigenvalue weighted by Crippen LogP contribution is 2.40. The van der Waals surface area contributed by atoms with Gasteiger partial charge in [-0.1, -0.05) is 0 Å². The molecule has 0 N–H and O–H groups in total. The third-order valence-corrected chi connectivity index (χ3v) is 6.37. The molecule has 2 aromatic carbocycles. The normalized spacial score (nSPS) is 14.5. The minimum absolute atomic E-state index is 0.179. The number of carbonyl (C=O) groups excluding carboxylic acids is 1. The first-order valence-corrected chi connectivity index (χ1v) is 12.9. The first-order chi connectivity index (χ1) is 15.5. The largest absolute Gasteiger partial charge is 0.481 e. The topological polar surface area (TPSA) is 96.7 Å². The maximum Gasteiger partial charge on any atom is 0.344 e. The standard InChI is InChI=1S/C25H30N2O5S/c1-25(2,3)32-24(28)17-31-23-11-8-18(16-26)14-21(23)20-15-19(33(4,29)30)9-10-22(20)27-12-6-5-7-13-27/h8-11,14-15H,5-7,12-13,17H2,1-4H3. The molecule has 0 unspecified atom stereocenters. The number of esters is 1. The second kappa shape index (κ2) is 9.84. The van der Waals surface area contributed by atoms with Crippen molar-refractivity contribution < 1.29 is 22.7 Å². The highest BCUT2D eigenvalue weighted by Gasteiger charge is 2.22. The van der Waals surface area contributed by atoms with Crippen LogP contribution in [-0.2, 0) is 19.4 Å². The number of carbonyl (C=O) groups is 1. The van der Waals surface area contributed by atoms with E-state index in [1.54, 1.807) is 51.1 Å². The van der Waals surface area contributed by atoms with E-state index in [1.165, 1.54) is 0 Å². The Bertz CT molecular complexity index is 1170. The summed E-state index contributed by atoms with van der Waals surface area (Å²) >= 11 is 0. The summed E-state index contributed by atoms with van der Waals surface area (Å²) in [5, 5.41) is 9.48. The third-order valence-electron chi connectivity index (χ3n) is 5.26. The number of benzene rings is 2. The van der Waals surface area contributed by atoms with Crippen molar-refractivity contribution in [3.8, 4) is 22.9 Å². The Labute approximate surface area is 195 Å². The Kier molecular flexibility index (Phi) is 7.33. The van der Waals surface area contributed by atoms with Gasteiger partial charge in [-0.05, 0) is 76.4 Å². The van der Waals surface area contributed by atoms with Crippen molar-refractivity contribution in [3.63, 3.8) is 0 Å². The molecule has 0 amide bonds. The van der Waals surface area contributed by atoms with Crippen LogP contribution in [0.4, 0.5) is 5.69 Å². The van der Waals surface area contributed by atoms with Gasteiger partial charge in [0.1, 0.15) is 11.4 Å². The molecule has 1 aliphatic rings. The maximum atomic E-state index is 12.3. The Morgan fingerprint density at radius 1 is 1.06 bits per heavy atom. The van der Waals surface area contributed by atoms with Crippen molar-refractivity contribution in [2.75, 3.05) is 30.9 Å². The molecule has 33 heavy (non-hydrogen) atoms. The van der Waals surface area contributed by atoms with Crippen LogP contribution in [0, 0.1) is 11.3 Å². The fraction of sp³-hybridized carbons (Fsp3) is 0.440. The fourth-order valence-electron chi connectivity index (χ4n) is 3.82. The number of piperidine rings is 1. The summed E-state index contributed by atoms with van der Waals surface area (Å²) in [5.41, 5.74) is 1.85. The average Bonchev–Trinajstić information content (AvgIpc) is 2.76. The van der Waals surface area contributed by atoms with Gasteiger partial charge in [0.05, 0.1) is 16.5 Å². The number of anilines is 1. The lowest BCUT2D eigenvalue weighted by atomic mass is 9.98. The molecule has 1 heterocycles. The zero-order valence-corrected chi connectivity index (χ0v) is 20.4. The number of nitriles is 1. The zero-order chi connectivity index (χ0) is 24.2. The van der Waals surface area contributed by atoms with E-state index >= 15 is 0 Å².